The number of nitrogens with one attached hydrogen (secondary N) is 2. The van der Waals surface area contributed by atoms with E-state index in [-0.39, 0.29) is 24.0 Å². The van der Waals surface area contributed by atoms with Crippen LogP contribution in [0.4, 0.5) is 0 Å². The van der Waals surface area contributed by atoms with Crippen LogP contribution in [0.15, 0.2) is 53.7 Å². The minimum Gasteiger partial charge on any atom is -0.473 e. The molecule has 2 aromatic rings. The first kappa shape index (κ1) is 21.2. The Bertz CT molecular complexity index is 638. The lowest BCUT2D eigenvalue weighted by atomic mass is 10.2. The second-order valence-electron chi connectivity index (χ2n) is 5.12. The summed E-state index contributed by atoms with van der Waals surface area (Å²) in [5.74, 6) is 1.34. The average Bonchev–Trinajstić information content (AvgIpc) is 2.64. The molecule has 0 aliphatic heterocycles. The van der Waals surface area contributed by atoms with Gasteiger partial charge in [0.25, 0.3) is 0 Å². The normalized spacial score (nSPS) is 10.7. The summed E-state index contributed by atoms with van der Waals surface area (Å²) in [5.41, 5.74) is 2.19. The number of methoxy groups -OCH3 is 1. The number of guanidine groups is 1. The molecule has 6 nitrogen and oxygen atoms in total. The van der Waals surface area contributed by atoms with Crippen molar-refractivity contribution in [1.82, 2.24) is 15.6 Å². The van der Waals surface area contributed by atoms with Gasteiger partial charge in [-0.1, -0.05) is 30.3 Å². The summed E-state index contributed by atoms with van der Waals surface area (Å²) < 4.78 is 10.8. The van der Waals surface area contributed by atoms with Crippen molar-refractivity contribution in [2.24, 2.45) is 4.99 Å². The molecule has 1 aromatic carbocycles. The van der Waals surface area contributed by atoms with E-state index in [4.69, 9.17) is 9.47 Å². The maximum Gasteiger partial charge on any atom is 0.213 e. The lowest BCUT2D eigenvalue weighted by molar-refractivity contribution is 0.203. The monoisotopic (exact) mass is 456 g/mol. The predicted octanol–water partition coefficient (Wildman–Crippen LogP) is 2.59. The number of aliphatic imine (C=N–C) groups is 1. The van der Waals surface area contributed by atoms with Gasteiger partial charge >= 0.3 is 0 Å². The third-order valence-corrected chi connectivity index (χ3v) is 3.31. The van der Waals surface area contributed by atoms with E-state index in [1.807, 2.05) is 42.5 Å². The molecule has 0 amide bonds. The quantitative estimate of drug-likeness (QED) is 0.277. The van der Waals surface area contributed by atoms with Crippen molar-refractivity contribution < 1.29 is 9.47 Å². The first-order chi connectivity index (χ1) is 11.8. The van der Waals surface area contributed by atoms with E-state index in [1.165, 1.54) is 0 Å². The van der Waals surface area contributed by atoms with Crippen LogP contribution in [0.3, 0.4) is 0 Å². The van der Waals surface area contributed by atoms with Crippen molar-refractivity contribution in [1.29, 1.82) is 0 Å². The van der Waals surface area contributed by atoms with E-state index in [9.17, 15) is 0 Å². The molecule has 2 rings (SSSR count). The van der Waals surface area contributed by atoms with E-state index in [1.54, 1.807) is 20.4 Å². The number of halogens is 1. The van der Waals surface area contributed by atoms with Gasteiger partial charge in [-0.15, -0.1) is 24.0 Å². The molecule has 1 heterocycles. The molecule has 0 aliphatic rings. The minimum absolute atomic E-state index is 0. The molecule has 0 unspecified atom stereocenters. The number of benzene rings is 1. The van der Waals surface area contributed by atoms with Gasteiger partial charge in [-0.2, -0.15) is 0 Å². The summed E-state index contributed by atoms with van der Waals surface area (Å²) in [6, 6.07) is 13.9. The van der Waals surface area contributed by atoms with Crippen LogP contribution < -0.4 is 15.4 Å². The Labute approximate surface area is 166 Å². The van der Waals surface area contributed by atoms with Crippen molar-refractivity contribution in [3.05, 3.63) is 59.8 Å². The SMILES string of the molecule is CN=C(NCCOC)NCc1ccnc(OCc2ccccc2)c1.I. The van der Waals surface area contributed by atoms with Crippen LogP contribution in [0.5, 0.6) is 5.88 Å². The summed E-state index contributed by atoms with van der Waals surface area (Å²) in [4.78, 5) is 8.42. The van der Waals surface area contributed by atoms with Gasteiger partial charge in [0.1, 0.15) is 6.61 Å². The maximum absolute atomic E-state index is 5.74. The van der Waals surface area contributed by atoms with Gasteiger partial charge in [0.15, 0.2) is 5.96 Å². The van der Waals surface area contributed by atoms with Crippen LogP contribution in [0.2, 0.25) is 0 Å². The fourth-order valence-corrected chi connectivity index (χ4v) is 2.05. The van der Waals surface area contributed by atoms with Gasteiger partial charge < -0.3 is 20.1 Å². The Morgan fingerprint density at radius 3 is 2.64 bits per heavy atom. The summed E-state index contributed by atoms with van der Waals surface area (Å²) in [6.07, 6.45) is 1.75. The van der Waals surface area contributed by atoms with Crippen LogP contribution >= 0.6 is 24.0 Å². The highest BCUT2D eigenvalue weighted by Gasteiger charge is 2.01. The van der Waals surface area contributed by atoms with Gasteiger partial charge in [-0.05, 0) is 17.2 Å². The standard InChI is InChI=1S/C18H24N4O2.HI/c1-19-18(21-10-11-23-2)22-13-16-8-9-20-17(12-16)24-14-15-6-4-3-5-7-15;/h3-9,12H,10-11,13-14H2,1-2H3,(H2,19,21,22);1H. The van der Waals surface area contributed by atoms with E-state index in [0.29, 0.717) is 32.2 Å². The Morgan fingerprint density at radius 2 is 1.92 bits per heavy atom. The van der Waals surface area contributed by atoms with Crippen molar-refractivity contribution in [2.45, 2.75) is 13.2 Å². The number of hydrogen-bond donors (Lipinski definition) is 2. The topological polar surface area (TPSA) is 67.8 Å². The number of aromatic nitrogens is 1. The van der Waals surface area contributed by atoms with Crippen LogP contribution in [0.1, 0.15) is 11.1 Å². The molecule has 1 aromatic heterocycles. The molecule has 0 aliphatic carbocycles. The summed E-state index contributed by atoms with van der Waals surface area (Å²) in [6.45, 7) is 2.48. The molecule has 0 bridgehead atoms. The van der Waals surface area contributed by atoms with Crippen LogP contribution in [-0.4, -0.2) is 38.3 Å². The predicted molar refractivity (Wildman–Crippen MR) is 111 cm³/mol. The first-order valence-electron chi connectivity index (χ1n) is 7.87. The fourth-order valence-electron chi connectivity index (χ4n) is 2.05. The van der Waals surface area contributed by atoms with Crippen molar-refractivity contribution in [2.75, 3.05) is 27.3 Å². The second kappa shape index (κ2) is 12.5. The van der Waals surface area contributed by atoms with Gasteiger partial charge in [0.05, 0.1) is 6.61 Å². The highest BCUT2D eigenvalue weighted by atomic mass is 127. The molecular formula is C18H25IN4O2. The van der Waals surface area contributed by atoms with Gasteiger partial charge in [-0.3, -0.25) is 4.99 Å². The zero-order chi connectivity index (χ0) is 17.0. The van der Waals surface area contributed by atoms with E-state index in [0.717, 1.165) is 17.1 Å². The molecule has 7 heteroatoms. The van der Waals surface area contributed by atoms with E-state index < -0.39 is 0 Å². The molecule has 0 atom stereocenters. The van der Waals surface area contributed by atoms with Crippen molar-refractivity contribution in [3.63, 3.8) is 0 Å². The fraction of sp³-hybridized carbons (Fsp3) is 0.333. The zero-order valence-corrected chi connectivity index (χ0v) is 16.9. The largest absolute Gasteiger partial charge is 0.473 e. The van der Waals surface area contributed by atoms with Gasteiger partial charge in [0, 0.05) is 39.5 Å². The average molecular weight is 456 g/mol. The Kier molecular flexibility index (Phi) is 10.6. The molecule has 0 saturated carbocycles. The van der Waals surface area contributed by atoms with E-state index >= 15 is 0 Å². The third-order valence-electron chi connectivity index (χ3n) is 3.31. The molecule has 0 fully saturated rings. The van der Waals surface area contributed by atoms with Crippen molar-refractivity contribution in [3.8, 4) is 5.88 Å². The minimum atomic E-state index is 0. The molecule has 2 N–H and O–H groups in total. The van der Waals surface area contributed by atoms with Crippen LogP contribution in [0.25, 0.3) is 0 Å². The van der Waals surface area contributed by atoms with E-state index in [2.05, 4.69) is 20.6 Å². The third kappa shape index (κ3) is 8.17. The number of ether oxygens (including phenoxy) is 2. The Morgan fingerprint density at radius 1 is 1.12 bits per heavy atom. The molecule has 0 radical (unpaired) electrons. The van der Waals surface area contributed by atoms with Crippen LogP contribution in [-0.2, 0) is 17.9 Å². The Balaban J connectivity index is 0.00000312. The van der Waals surface area contributed by atoms with Crippen LogP contribution in [0, 0.1) is 0 Å². The lowest BCUT2D eigenvalue weighted by Gasteiger charge is -2.12. The van der Waals surface area contributed by atoms with Gasteiger partial charge in [-0.25, -0.2) is 4.98 Å². The smallest absolute Gasteiger partial charge is 0.213 e. The number of nitrogens with zero attached hydrogens (tertiary/aromatic N) is 2. The van der Waals surface area contributed by atoms with Crippen molar-refractivity contribution >= 4 is 29.9 Å². The number of rotatable bonds is 8. The van der Waals surface area contributed by atoms with Gasteiger partial charge in [0.2, 0.25) is 5.88 Å². The number of pyridine rings is 1. The lowest BCUT2D eigenvalue weighted by Crippen LogP contribution is -2.38. The Hall–Kier alpha value is -1.87. The highest BCUT2D eigenvalue weighted by Crippen LogP contribution is 2.11. The summed E-state index contributed by atoms with van der Waals surface area (Å²) in [7, 11) is 3.41. The molecule has 136 valence electrons. The highest BCUT2D eigenvalue weighted by molar-refractivity contribution is 14.0. The molecule has 0 spiro atoms. The summed E-state index contributed by atoms with van der Waals surface area (Å²) in [5, 5.41) is 6.41. The summed E-state index contributed by atoms with van der Waals surface area (Å²) >= 11 is 0. The second-order valence-corrected chi connectivity index (χ2v) is 5.12. The first-order valence-corrected chi connectivity index (χ1v) is 7.87. The molecule has 0 saturated heterocycles. The molecule has 25 heavy (non-hydrogen) atoms. The molecular weight excluding hydrogens is 431 g/mol. The zero-order valence-electron chi connectivity index (χ0n) is 14.6. The maximum atomic E-state index is 5.74. The number of hydrogen-bond acceptors (Lipinski definition) is 4.